The summed E-state index contributed by atoms with van der Waals surface area (Å²) in [6.07, 6.45) is 3.91. The number of H-pyrrole nitrogens is 1. The van der Waals surface area contributed by atoms with Gasteiger partial charge in [-0.05, 0) is 37.5 Å². The SMILES string of the molecule is COc1cccc(NCCCc2cn[nH]c2C)c1N. The van der Waals surface area contributed by atoms with Crippen LogP contribution in [0.15, 0.2) is 24.4 Å². The molecular formula is C14H20N4O. The molecule has 0 unspecified atom stereocenters. The molecule has 0 spiro atoms. The topological polar surface area (TPSA) is 76.0 Å². The first-order valence-electron chi connectivity index (χ1n) is 6.37. The van der Waals surface area contributed by atoms with E-state index >= 15 is 0 Å². The molecule has 2 aromatic rings. The van der Waals surface area contributed by atoms with Gasteiger partial charge in [-0.15, -0.1) is 0 Å². The Hall–Kier alpha value is -2.17. The number of aryl methyl sites for hydroxylation is 2. The van der Waals surface area contributed by atoms with E-state index in [4.69, 9.17) is 10.5 Å². The van der Waals surface area contributed by atoms with Crippen molar-refractivity contribution < 1.29 is 4.74 Å². The highest BCUT2D eigenvalue weighted by molar-refractivity contribution is 5.72. The van der Waals surface area contributed by atoms with Crippen molar-refractivity contribution in [3.05, 3.63) is 35.7 Å². The van der Waals surface area contributed by atoms with Gasteiger partial charge in [-0.3, -0.25) is 5.10 Å². The minimum Gasteiger partial charge on any atom is -0.495 e. The number of benzene rings is 1. The van der Waals surface area contributed by atoms with Gasteiger partial charge in [0.05, 0.1) is 24.7 Å². The Labute approximate surface area is 113 Å². The normalized spacial score (nSPS) is 10.4. The molecule has 0 saturated heterocycles. The van der Waals surface area contributed by atoms with E-state index in [1.54, 1.807) is 7.11 Å². The lowest BCUT2D eigenvalue weighted by Crippen LogP contribution is -2.06. The van der Waals surface area contributed by atoms with Crippen molar-refractivity contribution in [3.8, 4) is 5.75 Å². The fourth-order valence-corrected chi connectivity index (χ4v) is 2.01. The van der Waals surface area contributed by atoms with Crippen molar-refractivity contribution in [1.82, 2.24) is 10.2 Å². The molecule has 5 nitrogen and oxygen atoms in total. The van der Waals surface area contributed by atoms with Crippen LogP contribution in [0.4, 0.5) is 11.4 Å². The van der Waals surface area contributed by atoms with Crippen LogP contribution < -0.4 is 15.8 Å². The molecule has 1 aromatic heterocycles. The molecule has 0 fully saturated rings. The predicted molar refractivity (Wildman–Crippen MR) is 77.5 cm³/mol. The molecule has 0 amide bonds. The summed E-state index contributed by atoms with van der Waals surface area (Å²) in [5.74, 6) is 0.704. The molecule has 0 atom stereocenters. The molecule has 0 saturated carbocycles. The van der Waals surface area contributed by atoms with Gasteiger partial charge in [0.2, 0.25) is 0 Å². The van der Waals surface area contributed by atoms with E-state index in [1.165, 1.54) is 5.56 Å². The van der Waals surface area contributed by atoms with Crippen molar-refractivity contribution in [2.75, 3.05) is 24.7 Å². The van der Waals surface area contributed by atoms with E-state index in [2.05, 4.69) is 15.5 Å². The van der Waals surface area contributed by atoms with E-state index in [-0.39, 0.29) is 0 Å². The van der Waals surface area contributed by atoms with Crippen LogP contribution in [-0.4, -0.2) is 23.9 Å². The zero-order valence-corrected chi connectivity index (χ0v) is 11.4. The second-order valence-corrected chi connectivity index (χ2v) is 4.47. The number of methoxy groups -OCH3 is 1. The van der Waals surface area contributed by atoms with Gasteiger partial charge >= 0.3 is 0 Å². The number of hydrogen-bond acceptors (Lipinski definition) is 4. The maximum atomic E-state index is 5.99. The molecule has 0 aliphatic heterocycles. The molecule has 1 aromatic carbocycles. The second kappa shape index (κ2) is 6.13. The Bertz CT molecular complexity index is 536. The molecular weight excluding hydrogens is 240 g/mol. The van der Waals surface area contributed by atoms with E-state index < -0.39 is 0 Å². The van der Waals surface area contributed by atoms with E-state index in [1.807, 2.05) is 31.3 Å². The maximum absolute atomic E-state index is 5.99. The zero-order valence-electron chi connectivity index (χ0n) is 11.4. The minimum absolute atomic E-state index is 0.657. The van der Waals surface area contributed by atoms with Crippen molar-refractivity contribution in [3.63, 3.8) is 0 Å². The molecule has 0 bridgehead atoms. The predicted octanol–water partition coefficient (Wildman–Crippen LogP) is 2.35. The summed E-state index contributed by atoms with van der Waals surface area (Å²) in [6.45, 7) is 2.90. The van der Waals surface area contributed by atoms with Crippen LogP contribution in [0.25, 0.3) is 0 Å². The average Bonchev–Trinajstić information content (AvgIpc) is 2.82. The molecule has 1 heterocycles. The Balaban J connectivity index is 1.85. The molecule has 2 rings (SSSR count). The van der Waals surface area contributed by atoms with Crippen molar-refractivity contribution in [1.29, 1.82) is 0 Å². The minimum atomic E-state index is 0.657. The molecule has 102 valence electrons. The molecule has 5 heteroatoms. The third-order valence-electron chi connectivity index (χ3n) is 3.16. The van der Waals surface area contributed by atoms with E-state index in [9.17, 15) is 0 Å². The number of aromatic amines is 1. The van der Waals surface area contributed by atoms with Gasteiger partial charge in [0, 0.05) is 12.2 Å². The number of para-hydroxylation sites is 1. The third-order valence-corrected chi connectivity index (χ3v) is 3.16. The first kappa shape index (κ1) is 13.3. The number of nitrogens with two attached hydrogens (primary N) is 1. The van der Waals surface area contributed by atoms with Gasteiger partial charge in [0.1, 0.15) is 5.75 Å². The summed E-state index contributed by atoms with van der Waals surface area (Å²) in [4.78, 5) is 0. The lowest BCUT2D eigenvalue weighted by Gasteiger charge is -2.11. The highest BCUT2D eigenvalue weighted by Gasteiger charge is 2.04. The highest BCUT2D eigenvalue weighted by Crippen LogP contribution is 2.28. The fourth-order valence-electron chi connectivity index (χ4n) is 2.01. The van der Waals surface area contributed by atoms with Gasteiger partial charge in [-0.2, -0.15) is 5.10 Å². The van der Waals surface area contributed by atoms with Crippen LogP contribution in [0.2, 0.25) is 0 Å². The fraction of sp³-hybridized carbons (Fsp3) is 0.357. The quantitative estimate of drug-likeness (QED) is 0.550. The Morgan fingerprint density at radius 1 is 1.42 bits per heavy atom. The first-order valence-corrected chi connectivity index (χ1v) is 6.37. The van der Waals surface area contributed by atoms with Gasteiger partial charge in [-0.25, -0.2) is 0 Å². The lowest BCUT2D eigenvalue weighted by molar-refractivity contribution is 0.417. The molecule has 0 aliphatic rings. The number of aromatic nitrogens is 2. The zero-order chi connectivity index (χ0) is 13.7. The van der Waals surface area contributed by atoms with Crippen LogP contribution in [0.5, 0.6) is 5.75 Å². The third kappa shape index (κ3) is 3.19. The van der Waals surface area contributed by atoms with Crippen molar-refractivity contribution in [2.45, 2.75) is 19.8 Å². The van der Waals surface area contributed by atoms with Crippen LogP contribution >= 0.6 is 0 Å². The van der Waals surface area contributed by atoms with Gasteiger partial charge < -0.3 is 15.8 Å². The van der Waals surface area contributed by atoms with Crippen LogP contribution in [0, 0.1) is 6.92 Å². The number of hydrogen-bond donors (Lipinski definition) is 3. The van der Waals surface area contributed by atoms with Crippen molar-refractivity contribution in [2.24, 2.45) is 0 Å². The summed E-state index contributed by atoms with van der Waals surface area (Å²) < 4.78 is 5.19. The molecule has 4 N–H and O–H groups in total. The highest BCUT2D eigenvalue weighted by atomic mass is 16.5. The smallest absolute Gasteiger partial charge is 0.143 e. The number of anilines is 2. The van der Waals surface area contributed by atoms with Crippen LogP contribution in [-0.2, 0) is 6.42 Å². The second-order valence-electron chi connectivity index (χ2n) is 4.47. The summed E-state index contributed by atoms with van der Waals surface area (Å²) in [5.41, 5.74) is 9.97. The largest absolute Gasteiger partial charge is 0.495 e. The monoisotopic (exact) mass is 260 g/mol. The van der Waals surface area contributed by atoms with Gasteiger partial charge in [0.15, 0.2) is 0 Å². The summed E-state index contributed by atoms with van der Waals surface area (Å²) in [5, 5.41) is 10.3. The number of ether oxygens (including phenoxy) is 1. The number of nitrogens with one attached hydrogen (secondary N) is 2. The maximum Gasteiger partial charge on any atom is 0.143 e. The molecule has 0 aliphatic carbocycles. The van der Waals surface area contributed by atoms with Gasteiger partial charge in [0.25, 0.3) is 0 Å². The van der Waals surface area contributed by atoms with E-state index in [0.29, 0.717) is 11.4 Å². The summed E-state index contributed by atoms with van der Waals surface area (Å²) in [7, 11) is 1.62. The summed E-state index contributed by atoms with van der Waals surface area (Å²) >= 11 is 0. The summed E-state index contributed by atoms with van der Waals surface area (Å²) in [6, 6.07) is 5.74. The Morgan fingerprint density at radius 2 is 2.26 bits per heavy atom. The van der Waals surface area contributed by atoms with Gasteiger partial charge in [-0.1, -0.05) is 6.07 Å². The van der Waals surface area contributed by atoms with Crippen LogP contribution in [0.3, 0.4) is 0 Å². The van der Waals surface area contributed by atoms with E-state index in [0.717, 1.165) is 30.8 Å². The van der Waals surface area contributed by atoms with Crippen LogP contribution in [0.1, 0.15) is 17.7 Å². The Kier molecular flexibility index (Phi) is 4.28. The number of nitrogen functional groups attached to an aromatic ring is 1. The first-order chi connectivity index (χ1) is 9.22. The molecule has 0 radical (unpaired) electrons. The standard InChI is InChI=1S/C14H20N4O/c1-10-11(9-17-18-10)5-4-8-16-12-6-3-7-13(19-2)14(12)15/h3,6-7,9,16H,4-5,8,15H2,1-2H3,(H,17,18). The number of rotatable bonds is 6. The lowest BCUT2D eigenvalue weighted by atomic mass is 10.1. The number of nitrogens with zero attached hydrogens (tertiary/aromatic N) is 1. The average molecular weight is 260 g/mol. The van der Waals surface area contributed by atoms with Crippen molar-refractivity contribution >= 4 is 11.4 Å². The molecule has 19 heavy (non-hydrogen) atoms. The Morgan fingerprint density at radius 3 is 2.95 bits per heavy atom.